The molecule has 3 atom stereocenters. The van der Waals surface area contributed by atoms with Crippen LogP contribution in [0.3, 0.4) is 0 Å². The van der Waals surface area contributed by atoms with Crippen molar-refractivity contribution in [3.05, 3.63) is 60.2 Å². The van der Waals surface area contributed by atoms with Crippen LogP contribution < -0.4 is 5.32 Å². The summed E-state index contributed by atoms with van der Waals surface area (Å²) in [4.78, 5) is 15.1. The Morgan fingerprint density at radius 2 is 1.56 bits per heavy atom. The molecule has 0 radical (unpaired) electrons. The van der Waals surface area contributed by atoms with Gasteiger partial charge in [0.15, 0.2) is 9.84 Å². The van der Waals surface area contributed by atoms with Crippen molar-refractivity contribution in [2.75, 3.05) is 5.32 Å². The third-order valence-corrected chi connectivity index (χ3v) is 7.93. The highest BCUT2D eigenvalue weighted by Gasteiger charge is 2.47. The number of aryl methyl sites for hydroxylation is 1. The van der Waals surface area contributed by atoms with Crippen molar-refractivity contribution in [1.82, 2.24) is 4.90 Å². The summed E-state index contributed by atoms with van der Waals surface area (Å²) in [5.41, 5.74) is 1.91. The Balaban J connectivity index is 1.49. The maximum absolute atomic E-state index is 13.0. The summed E-state index contributed by atoms with van der Waals surface area (Å²) in [6.45, 7) is 2.00. The lowest BCUT2D eigenvalue weighted by atomic mass is 10.0. The lowest BCUT2D eigenvalue weighted by molar-refractivity contribution is 0.160. The molecule has 0 spiro atoms. The van der Waals surface area contributed by atoms with Crippen LogP contribution in [0.25, 0.3) is 0 Å². The number of hydrogen-bond acceptors (Lipinski definition) is 3. The number of amides is 2. The summed E-state index contributed by atoms with van der Waals surface area (Å²) in [7, 11) is -3.36. The molecule has 2 aromatic carbocycles. The summed E-state index contributed by atoms with van der Waals surface area (Å²) >= 11 is 0. The number of sulfone groups is 1. The van der Waals surface area contributed by atoms with Crippen LogP contribution in [0.5, 0.6) is 0 Å². The first-order valence-electron chi connectivity index (χ1n) is 9.40. The maximum Gasteiger partial charge on any atom is 0.322 e. The summed E-state index contributed by atoms with van der Waals surface area (Å²) in [6.07, 6.45) is 2.75. The van der Waals surface area contributed by atoms with Crippen molar-refractivity contribution >= 4 is 21.6 Å². The standard InChI is InChI=1S/C21H24N2O3S/c1-15-7-9-16(10-8-15)22-21(24)23-17-11-12-18(23)14-20(13-17)27(25,26)19-5-3-2-4-6-19/h2-10,17-18,20H,11-14H2,1H3,(H,22,24)/t17-,18?,20?/m1/s1. The predicted molar refractivity (Wildman–Crippen MR) is 105 cm³/mol. The van der Waals surface area contributed by atoms with Crippen molar-refractivity contribution in [2.45, 2.75) is 54.8 Å². The van der Waals surface area contributed by atoms with E-state index >= 15 is 0 Å². The molecule has 0 saturated carbocycles. The molecule has 2 bridgehead atoms. The molecule has 142 valence electrons. The van der Waals surface area contributed by atoms with Gasteiger partial charge in [-0.15, -0.1) is 0 Å². The van der Waals surface area contributed by atoms with Crippen LogP contribution in [0.1, 0.15) is 31.2 Å². The van der Waals surface area contributed by atoms with Gasteiger partial charge in [0.05, 0.1) is 10.1 Å². The first kappa shape index (κ1) is 18.0. The summed E-state index contributed by atoms with van der Waals surface area (Å²) < 4.78 is 26.0. The topological polar surface area (TPSA) is 66.5 Å². The number of piperidine rings is 1. The predicted octanol–water partition coefficient (Wildman–Crippen LogP) is 4.00. The van der Waals surface area contributed by atoms with E-state index in [1.54, 1.807) is 24.3 Å². The Morgan fingerprint density at radius 1 is 0.963 bits per heavy atom. The van der Waals surface area contributed by atoms with Gasteiger partial charge in [-0.25, -0.2) is 13.2 Å². The fraction of sp³-hybridized carbons (Fsp3) is 0.381. The lowest BCUT2D eigenvalue weighted by Gasteiger charge is -2.38. The number of nitrogens with zero attached hydrogens (tertiary/aromatic N) is 1. The highest BCUT2D eigenvalue weighted by atomic mass is 32.2. The minimum Gasteiger partial charge on any atom is -0.318 e. The van der Waals surface area contributed by atoms with Crippen LogP contribution in [-0.4, -0.2) is 36.7 Å². The first-order chi connectivity index (χ1) is 12.9. The first-order valence-corrected chi connectivity index (χ1v) is 10.9. The number of anilines is 1. The Hall–Kier alpha value is -2.34. The monoisotopic (exact) mass is 384 g/mol. The molecular formula is C21H24N2O3S. The van der Waals surface area contributed by atoms with Gasteiger partial charge in [0.25, 0.3) is 0 Å². The summed E-state index contributed by atoms with van der Waals surface area (Å²) in [6, 6.07) is 16.2. The minimum absolute atomic E-state index is 0.0160. The van der Waals surface area contributed by atoms with E-state index in [0.29, 0.717) is 17.7 Å². The Bertz CT molecular complexity index is 912. The Labute approximate surface area is 160 Å². The van der Waals surface area contributed by atoms with E-state index in [1.807, 2.05) is 42.2 Å². The number of fused-ring (bicyclic) bond motifs is 2. The summed E-state index contributed by atoms with van der Waals surface area (Å²) in [5, 5.41) is 2.55. The molecule has 0 aromatic heterocycles. The van der Waals surface area contributed by atoms with Gasteiger partial charge in [0, 0.05) is 17.8 Å². The SMILES string of the molecule is Cc1ccc(NC(=O)N2C3CC[C@@H]2CC(S(=O)(=O)c2ccccc2)C3)cc1. The minimum atomic E-state index is -3.36. The van der Waals surface area contributed by atoms with Gasteiger partial charge in [0.1, 0.15) is 0 Å². The average molecular weight is 385 g/mol. The van der Waals surface area contributed by atoms with Gasteiger partial charge < -0.3 is 10.2 Å². The zero-order valence-corrected chi connectivity index (χ0v) is 16.2. The Morgan fingerprint density at radius 3 is 2.15 bits per heavy atom. The van der Waals surface area contributed by atoms with E-state index in [9.17, 15) is 13.2 Å². The molecule has 4 rings (SSSR count). The average Bonchev–Trinajstić information content (AvgIpc) is 2.94. The molecule has 2 aromatic rings. The second-order valence-corrected chi connectivity index (χ2v) is 9.77. The third kappa shape index (κ3) is 3.46. The van der Waals surface area contributed by atoms with Crippen LogP contribution in [0.15, 0.2) is 59.5 Å². The smallest absolute Gasteiger partial charge is 0.318 e. The number of nitrogens with one attached hydrogen (secondary N) is 1. The van der Waals surface area contributed by atoms with Gasteiger partial charge in [-0.1, -0.05) is 35.9 Å². The van der Waals surface area contributed by atoms with Crippen LogP contribution in [0, 0.1) is 6.92 Å². The molecule has 2 aliphatic heterocycles. The second-order valence-electron chi connectivity index (χ2n) is 7.54. The van der Waals surface area contributed by atoms with Crippen LogP contribution >= 0.6 is 0 Å². The van der Waals surface area contributed by atoms with E-state index in [1.165, 1.54) is 0 Å². The summed E-state index contributed by atoms with van der Waals surface area (Å²) in [5.74, 6) is 0. The van der Waals surface area contributed by atoms with Crippen LogP contribution in [0.4, 0.5) is 10.5 Å². The second kappa shape index (κ2) is 7.00. The van der Waals surface area contributed by atoms with Crippen molar-refractivity contribution in [1.29, 1.82) is 0 Å². The zero-order valence-electron chi connectivity index (χ0n) is 15.3. The number of carbonyl (C=O) groups is 1. The molecule has 2 aliphatic rings. The number of rotatable bonds is 3. The lowest BCUT2D eigenvalue weighted by Crippen LogP contribution is -2.51. The Kier molecular flexibility index (Phi) is 4.68. The van der Waals surface area contributed by atoms with E-state index in [-0.39, 0.29) is 18.1 Å². The molecule has 5 nitrogen and oxygen atoms in total. The molecule has 0 aliphatic carbocycles. The fourth-order valence-corrected chi connectivity index (χ4v) is 6.21. The molecule has 2 fully saturated rings. The zero-order chi connectivity index (χ0) is 19.0. The van der Waals surface area contributed by atoms with Gasteiger partial charge in [-0.05, 0) is 56.9 Å². The van der Waals surface area contributed by atoms with Crippen molar-refractivity contribution < 1.29 is 13.2 Å². The number of urea groups is 1. The molecule has 6 heteroatoms. The van der Waals surface area contributed by atoms with Gasteiger partial charge >= 0.3 is 6.03 Å². The normalized spacial score (nSPS) is 24.6. The molecular weight excluding hydrogens is 360 g/mol. The highest BCUT2D eigenvalue weighted by Crippen LogP contribution is 2.40. The van der Waals surface area contributed by atoms with Crippen molar-refractivity contribution in [2.24, 2.45) is 0 Å². The third-order valence-electron chi connectivity index (χ3n) is 5.74. The maximum atomic E-state index is 13.0. The van der Waals surface area contributed by atoms with Crippen LogP contribution in [0.2, 0.25) is 0 Å². The van der Waals surface area contributed by atoms with E-state index in [4.69, 9.17) is 0 Å². The van der Waals surface area contributed by atoms with E-state index in [0.717, 1.165) is 24.1 Å². The van der Waals surface area contributed by atoms with Gasteiger partial charge in [-0.2, -0.15) is 0 Å². The van der Waals surface area contributed by atoms with E-state index < -0.39 is 15.1 Å². The quantitative estimate of drug-likeness (QED) is 0.870. The fourth-order valence-electron chi connectivity index (χ4n) is 4.34. The van der Waals surface area contributed by atoms with E-state index in [2.05, 4.69) is 5.32 Å². The molecule has 2 amide bonds. The molecule has 1 N–H and O–H groups in total. The highest BCUT2D eigenvalue weighted by molar-refractivity contribution is 7.92. The molecule has 2 unspecified atom stereocenters. The van der Waals surface area contributed by atoms with Gasteiger partial charge in [-0.3, -0.25) is 0 Å². The molecule has 27 heavy (non-hydrogen) atoms. The number of hydrogen-bond donors (Lipinski definition) is 1. The molecule has 2 heterocycles. The van der Waals surface area contributed by atoms with Gasteiger partial charge in [0.2, 0.25) is 0 Å². The van der Waals surface area contributed by atoms with Crippen LogP contribution in [-0.2, 0) is 9.84 Å². The molecule has 2 saturated heterocycles. The number of benzene rings is 2. The van der Waals surface area contributed by atoms with Crippen molar-refractivity contribution in [3.8, 4) is 0 Å². The number of carbonyl (C=O) groups excluding carboxylic acids is 1. The largest absolute Gasteiger partial charge is 0.322 e. The van der Waals surface area contributed by atoms with Crippen molar-refractivity contribution in [3.63, 3.8) is 0 Å².